The van der Waals surface area contributed by atoms with Crippen molar-refractivity contribution >= 4 is 17.1 Å². The molecule has 2 unspecified atom stereocenters. The summed E-state index contributed by atoms with van der Waals surface area (Å²) >= 11 is 0. The van der Waals surface area contributed by atoms with Crippen LogP contribution < -0.4 is 15.8 Å². The second-order valence-corrected chi connectivity index (χ2v) is 4.88. The molecule has 0 radical (unpaired) electrons. The Bertz CT molecular complexity index is 459. The molecule has 0 saturated carbocycles. The molecule has 0 aliphatic heterocycles. The van der Waals surface area contributed by atoms with Gasteiger partial charge in [-0.15, -0.1) is 0 Å². The third-order valence-corrected chi connectivity index (χ3v) is 3.63. The molecule has 7 heteroatoms. The van der Waals surface area contributed by atoms with E-state index in [0.29, 0.717) is 11.1 Å². The van der Waals surface area contributed by atoms with Gasteiger partial charge in [-0.3, -0.25) is 0 Å². The standard InChI is InChI=1S/C13H23N3O4/c1-5-10(6-2)14-12-11(15(17)18)7-8(3)9(4)13(12)16(19)20/h7,10,14-17,19H,5-6H2,1-4H3. The maximum atomic E-state index is 11.5. The van der Waals surface area contributed by atoms with Crippen LogP contribution in [-0.4, -0.2) is 16.5 Å². The van der Waals surface area contributed by atoms with Gasteiger partial charge in [-0.05, 0) is 32.3 Å². The van der Waals surface area contributed by atoms with Crippen molar-refractivity contribution in [2.24, 2.45) is 0 Å². The van der Waals surface area contributed by atoms with Gasteiger partial charge in [-0.25, -0.2) is 10.4 Å². The van der Waals surface area contributed by atoms with Crippen molar-refractivity contribution in [3.63, 3.8) is 0 Å². The average Bonchev–Trinajstić information content (AvgIpc) is 2.38. The summed E-state index contributed by atoms with van der Waals surface area (Å²) in [7, 11) is 0. The van der Waals surface area contributed by atoms with Crippen LogP contribution in [0.15, 0.2) is 6.07 Å². The first kappa shape index (κ1) is 16.8. The normalized spacial score (nSPS) is 14.4. The molecule has 1 rings (SSSR count). The van der Waals surface area contributed by atoms with Crippen LogP contribution in [0, 0.1) is 24.3 Å². The predicted octanol–water partition coefficient (Wildman–Crippen LogP) is 0.711. The fourth-order valence-corrected chi connectivity index (χ4v) is 2.20. The Morgan fingerprint density at radius 2 is 1.70 bits per heavy atom. The van der Waals surface area contributed by atoms with Crippen molar-refractivity contribution in [3.05, 3.63) is 27.6 Å². The van der Waals surface area contributed by atoms with Crippen LogP contribution in [0.5, 0.6) is 0 Å². The summed E-state index contributed by atoms with van der Waals surface area (Å²) < 4.78 is 0. The molecule has 0 aliphatic rings. The topological polar surface area (TPSA) is 107 Å². The number of hydrogen-bond acceptors (Lipinski definition) is 5. The lowest BCUT2D eigenvalue weighted by Gasteiger charge is -2.26. The van der Waals surface area contributed by atoms with Crippen molar-refractivity contribution in [1.82, 2.24) is 0 Å². The highest BCUT2D eigenvalue weighted by Gasteiger charge is 2.24. The molecule has 0 aromatic heterocycles. The van der Waals surface area contributed by atoms with E-state index in [1.165, 1.54) is 6.07 Å². The van der Waals surface area contributed by atoms with Crippen molar-refractivity contribution in [2.45, 2.75) is 46.6 Å². The summed E-state index contributed by atoms with van der Waals surface area (Å²) in [6.45, 7) is 7.36. The first-order chi connectivity index (χ1) is 9.33. The Kier molecular flexibility index (Phi) is 5.88. The summed E-state index contributed by atoms with van der Waals surface area (Å²) in [5.74, 6) is 0. The van der Waals surface area contributed by atoms with E-state index in [2.05, 4.69) is 5.32 Å². The SMILES string of the molecule is CCC(CC)Nc1c([NH+]([O-])O)cc(C)c(C)c1[NH+]([O-])O. The zero-order valence-corrected chi connectivity index (χ0v) is 12.3. The van der Waals surface area contributed by atoms with Crippen LogP contribution in [0.1, 0.15) is 37.8 Å². The van der Waals surface area contributed by atoms with Gasteiger partial charge in [0.2, 0.25) is 0 Å². The van der Waals surface area contributed by atoms with Crippen molar-refractivity contribution < 1.29 is 20.9 Å². The van der Waals surface area contributed by atoms with E-state index in [1.807, 2.05) is 13.8 Å². The van der Waals surface area contributed by atoms with Gasteiger partial charge in [-0.1, -0.05) is 13.8 Å². The van der Waals surface area contributed by atoms with Gasteiger partial charge < -0.3 is 15.7 Å². The quantitative estimate of drug-likeness (QED) is 0.495. The molecule has 0 spiro atoms. The molecule has 20 heavy (non-hydrogen) atoms. The van der Waals surface area contributed by atoms with Crippen LogP contribution in [0.4, 0.5) is 17.1 Å². The molecule has 1 aromatic carbocycles. The molecule has 1 aromatic rings. The monoisotopic (exact) mass is 285 g/mol. The summed E-state index contributed by atoms with van der Waals surface area (Å²) in [5.41, 5.74) is 1.53. The van der Waals surface area contributed by atoms with Crippen LogP contribution >= 0.6 is 0 Å². The van der Waals surface area contributed by atoms with Crippen LogP contribution in [0.2, 0.25) is 0 Å². The Morgan fingerprint density at radius 1 is 1.15 bits per heavy atom. The molecule has 114 valence electrons. The van der Waals surface area contributed by atoms with E-state index in [4.69, 9.17) is 0 Å². The smallest absolute Gasteiger partial charge is 0.196 e. The molecule has 0 fully saturated rings. The molecule has 0 aliphatic carbocycles. The van der Waals surface area contributed by atoms with Gasteiger partial charge in [0, 0.05) is 17.7 Å². The molecule has 2 atom stereocenters. The lowest BCUT2D eigenvalue weighted by molar-refractivity contribution is -0.995. The van der Waals surface area contributed by atoms with Gasteiger partial charge in [0.15, 0.2) is 17.1 Å². The lowest BCUT2D eigenvalue weighted by atomic mass is 10.0. The zero-order chi connectivity index (χ0) is 15.4. The van der Waals surface area contributed by atoms with E-state index in [1.54, 1.807) is 13.8 Å². The fraction of sp³-hybridized carbons (Fsp3) is 0.538. The Morgan fingerprint density at radius 3 is 2.10 bits per heavy atom. The van der Waals surface area contributed by atoms with Gasteiger partial charge in [-0.2, -0.15) is 10.5 Å². The molecule has 0 saturated heterocycles. The third kappa shape index (κ3) is 3.45. The van der Waals surface area contributed by atoms with Crippen molar-refractivity contribution in [1.29, 1.82) is 0 Å². The highest BCUT2D eigenvalue weighted by Crippen LogP contribution is 2.32. The summed E-state index contributed by atoms with van der Waals surface area (Å²) in [6.07, 6.45) is 1.59. The fourth-order valence-electron chi connectivity index (χ4n) is 2.20. The van der Waals surface area contributed by atoms with Gasteiger partial charge in [0.05, 0.1) is 0 Å². The van der Waals surface area contributed by atoms with Gasteiger partial charge >= 0.3 is 0 Å². The maximum Gasteiger partial charge on any atom is 0.196 e. The highest BCUT2D eigenvalue weighted by atomic mass is 16.8. The van der Waals surface area contributed by atoms with E-state index in [0.717, 1.165) is 12.8 Å². The summed E-state index contributed by atoms with van der Waals surface area (Å²) in [6, 6.07) is 1.57. The zero-order valence-electron chi connectivity index (χ0n) is 12.3. The molecular weight excluding hydrogens is 262 g/mol. The van der Waals surface area contributed by atoms with E-state index < -0.39 is 10.5 Å². The van der Waals surface area contributed by atoms with Gasteiger partial charge in [0.25, 0.3) is 0 Å². The molecule has 7 nitrogen and oxygen atoms in total. The second-order valence-electron chi connectivity index (χ2n) is 4.88. The van der Waals surface area contributed by atoms with E-state index in [9.17, 15) is 20.8 Å². The molecule has 0 heterocycles. The minimum absolute atomic E-state index is 0.0115. The minimum atomic E-state index is -1.12. The van der Waals surface area contributed by atoms with Crippen molar-refractivity contribution in [3.8, 4) is 0 Å². The number of rotatable bonds is 6. The van der Waals surface area contributed by atoms with Gasteiger partial charge in [0.1, 0.15) is 0 Å². The van der Waals surface area contributed by atoms with E-state index >= 15 is 0 Å². The number of anilines is 1. The average molecular weight is 285 g/mol. The van der Waals surface area contributed by atoms with Crippen molar-refractivity contribution in [2.75, 3.05) is 5.32 Å². The molecular formula is C13H23N3O4. The van der Waals surface area contributed by atoms with Crippen LogP contribution in [0.3, 0.4) is 0 Å². The number of hydrogen-bond donors (Lipinski definition) is 5. The predicted molar refractivity (Wildman–Crippen MR) is 75.5 cm³/mol. The molecule has 0 amide bonds. The Labute approximate surface area is 118 Å². The first-order valence-electron chi connectivity index (χ1n) is 6.70. The number of quaternary nitrogens is 2. The largest absolute Gasteiger partial charge is 0.595 e. The van der Waals surface area contributed by atoms with Crippen LogP contribution in [-0.2, 0) is 0 Å². The second kappa shape index (κ2) is 6.98. The first-order valence-corrected chi connectivity index (χ1v) is 6.70. The number of aryl methyl sites for hydroxylation is 1. The van der Waals surface area contributed by atoms with E-state index in [-0.39, 0.29) is 23.1 Å². The summed E-state index contributed by atoms with van der Waals surface area (Å²) in [4.78, 5) is 0. The maximum absolute atomic E-state index is 11.5. The highest BCUT2D eigenvalue weighted by molar-refractivity contribution is 5.77. The Balaban J connectivity index is 3.46. The number of benzene rings is 1. The minimum Gasteiger partial charge on any atom is -0.595 e. The molecule has 0 bridgehead atoms. The third-order valence-electron chi connectivity index (χ3n) is 3.63. The lowest BCUT2D eigenvalue weighted by Crippen LogP contribution is -3.01. The Hall–Kier alpha value is -1.22. The molecule has 5 N–H and O–H groups in total. The van der Waals surface area contributed by atoms with Crippen LogP contribution in [0.25, 0.3) is 0 Å². The number of nitrogens with one attached hydrogen (secondary N) is 3. The summed E-state index contributed by atoms with van der Waals surface area (Å²) in [5, 5.41) is 42.4.